The van der Waals surface area contributed by atoms with Crippen molar-refractivity contribution in [2.24, 2.45) is 0 Å². The van der Waals surface area contributed by atoms with Gasteiger partial charge in [-0.15, -0.1) is 11.8 Å². The van der Waals surface area contributed by atoms with Gasteiger partial charge in [0, 0.05) is 6.04 Å². The molecule has 5 nitrogen and oxygen atoms in total. The van der Waals surface area contributed by atoms with Crippen LogP contribution in [0.4, 0.5) is 18.0 Å². The van der Waals surface area contributed by atoms with Crippen molar-refractivity contribution in [3.8, 4) is 0 Å². The van der Waals surface area contributed by atoms with E-state index in [0.29, 0.717) is 0 Å². The molecule has 0 spiro atoms. The second kappa shape index (κ2) is 7.70. The van der Waals surface area contributed by atoms with E-state index < -0.39 is 18.0 Å². The van der Waals surface area contributed by atoms with Gasteiger partial charge in [-0.25, -0.2) is 4.79 Å². The Morgan fingerprint density at radius 1 is 1.04 bits per heavy atom. The fourth-order valence-electron chi connectivity index (χ4n) is 3.57. The summed E-state index contributed by atoms with van der Waals surface area (Å²) < 4.78 is 48.3. The van der Waals surface area contributed by atoms with Gasteiger partial charge in [-0.2, -0.15) is 13.2 Å². The van der Waals surface area contributed by atoms with E-state index in [2.05, 4.69) is 10.6 Å². The number of carbonyl (C=O) groups is 1. The lowest BCUT2D eigenvalue weighted by molar-refractivity contribution is -0.105. The van der Waals surface area contributed by atoms with Gasteiger partial charge >= 0.3 is 12.2 Å². The van der Waals surface area contributed by atoms with Gasteiger partial charge in [-0.3, -0.25) is 0 Å². The van der Waals surface area contributed by atoms with E-state index >= 15 is 0 Å². The van der Waals surface area contributed by atoms with Crippen molar-refractivity contribution in [1.82, 2.24) is 10.6 Å². The van der Waals surface area contributed by atoms with Crippen molar-refractivity contribution in [3.63, 3.8) is 0 Å². The van der Waals surface area contributed by atoms with Gasteiger partial charge in [0.25, 0.3) is 0 Å². The number of hydrogen-bond donors (Lipinski definition) is 2. The molecule has 1 saturated carbocycles. The Hall–Kier alpha value is -0.670. The van der Waals surface area contributed by atoms with Crippen molar-refractivity contribution < 1.29 is 27.4 Å². The predicted octanol–water partition coefficient (Wildman–Crippen LogP) is 2.45. The number of urea groups is 1. The Bertz CT molecular complexity index is 446. The number of thioether (sulfide) groups is 1. The zero-order valence-corrected chi connectivity index (χ0v) is 14.1. The Balaban J connectivity index is 1.44. The summed E-state index contributed by atoms with van der Waals surface area (Å²) in [4.78, 5) is 12.1. The number of rotatable bonds is 4. The van der Waals surface area contributed by atoms with Crippen LogP contribution in [-0.4, -0.2) is 60.7 Å². The molecule has 3 rings (SSSR count). The molecular formula is C15H23F3N2O3S. The van der Waals surface area contributed by atoms with Crippen LogP contribution in [0.1, 0.15) is 32.1 Å². The molecule has 2 N–H and O–H groups in total. The van der Waals surface area contributed by atoms with Gasteiger partial charge in [0.15, 0.2) is 0 Å². The fraction of sp³-hybridized carbons (Fsp3) is 0.933. The third-order valence-corrected chi connectivity index (χ3v) is 6.05. The molecule has 138 valence electrons. The number of carbonyl (C=O) groups excluding carboxylic acids is 1. The second-order valence-corrected chi connectivity index (χ2v) is 7.85. The molecule has 0 radical (unpaired) electrons. The highest BCUT2D eigenvalue weighted by Gasteiger charge is 2.49. The summed E-state index contributed by atoms with van der Waals surface area (Å²) in [6, 6.07) is -0.349. The number of fused-ring (bicyclic) bond motifs is 1. The summed E-state index contributed by atoms with van der Waals surface area (Å²) in [7, 11) is 0. The normalized spacial score (nSPS) is 34.1. The highest BCUT2D eigenvalue weighted by Crippen LogP contribution is 2.36. The molecule has 24 heavy (non-hydrogen) atoms. The van der Waals surface area contributed by atoms with Gasteiger partial charge in [-0.1, -0.05) is 19.3 Å². The summed E-state index contributed by atoms with van der Waals surface area (Å²) in [6.45, 7) is 0.495. The van der Waals surface area contributed by atoms with Crippen LogP contribution in [0.5, 0.6) is 0 Å². The molecule has 2 aliphatic heterocycles. The van der Waals surface area contributed by atoms with Gasteiger partial charge in [0.1, 0.15) is 6.10 Å². The minimum Gasteiger partial charge on any atom is -0.372 e. The van der Waals surface area contributed by atoms with E-state index in [-0.39, 0.29) is 42.7 Å². The summed E-state index contributed by atoms with van der Waals surface area (Å²) in [5.74, 6) is -0.909. The molecule has 0 aromatic heterocycles. The van der Waals surface area contributed by atoms with E-state index in [9.17, 15) is 18.0 Å². The average Bonchev–Trinajstić information content (AvgIpc) is 3.09. The van der Waals surface area contributed by atoms with Crippen LogP contribution in [0.3, 0.4) is 0 Å². The topological polar surface area (TPSA) is 59.6 Å². The third-order valence-electron chi connectivity index (χ3n) is 4.73. The Morgan fingerprint density at radius 3 is 2.46 bits per heavy atom. The van der Waals surface area contributed by atoms with Crippen LogP contribution in [0.15, 0.2) is 0 Å². The largest absolute Gasteiger partial charge is 0.397 e. The fourth-order valence-corrected chi connectivity index (χ4v) is 4.58. The molecule has 0 bridgehead atoms. The highest BCUT2D eigenvalue weighted by atomic mass is 32.2. The number of hydrogen-bond acceptors (Lipinski definition) is 4. The smallest absolute Gasteiger partial charge is 0.372 e. The molecule has 9 heteroatoms. The van der Waals surface area contributed by atoms with E-state index in [1.165, 1.54) is 6.42 Å². The zero-order valence-electron chi connectivity index (χ0n) is 13.3. The van der Waals surface area contributed by atoms with Gasteiger partial charge in [0.05, 0.1) is 36.4 Å². The molecule has 2 amide bonds. The number of halogens is 3. The van der Waals surface area contributed by atoms with E-state index in [0.717, 1.165) is 37.4 Å². The van der Waals surface area contributed by atoms with Gasteiger partial charge in [-0.05, 0) is 12.8 Å². The maximum Gasteiger partial charge on any atom is 0.397 e. The average molecular weight is 368 g/mol. The SMILES string of the molecule is O=C(NC1CCCCC1)N[C@H]1CO[C@H]2[C@@H]1OC[C@@H]2SCC(F)(F)F. The number of amides is 2. The highest BCUT2D eigenvalue weighted by molar-refractivity contribution is 8.00. The van der Waals surface area contributed by atoms with Crippen LogP contribution < -0.4 is 10.6 Å². The van der Waals surface area contributed by atoms with Crippen molar-refractivity contribution in [1.29, 1.82) is 0 Å². The standard InChI is InChI=1S/C15H23F3N2O3S/c16-15(17,18)8-24-11-7-23-12-10(6-22-13(11)12)20-14(21)19-9-4-2-1-3-5-9/h9-13H,1-8H2,(H2,19,20,21)/t10-,11-,12+,13+/m0/s1. The van der Waals surface area contributed by atoms with Gasteiger partial charge in [0.2, 0.25) is 0 Å². The first-order valence-electron chi connectivity index (χ1n) is 8.41. The maximum atomic E-state index is 12.4. The molecule has 0 aromatic carbocycles. The Morgan fingerprint density at radius 2 is 1.75 bits per heavy atom. The lowest BCUT2D eigenvalue weighted by Gasteiger charge is -2.24. The van der Waals surface area contributed by atoms with Crippen LogP contribution in [0.25, 0.3) is 0 Å². The minimum absolute atomic E-state index is 0.205. The third kappa shape index (κ3) is 4.70. The second-order valence-electron chi connectivity index (χ2n) is 6.62. The molecule has 2 saturated heterocycles. The zero-order chi connectivity index (χ0) is 17.2. The number of ether oxygens (including phenoxy) is 2. The van der Waals surface area contributed by atoms with Crippen LogP contribution in [-0.2, 0) is 9.47 Å². The van der Waals surface area contributed by atoms with Crippen molar-refractivity contribution >= 4 is 17.8 Å². The van der Waals surface area contributed by atoms with Gasteiger partial charge < -0.3 is 20.1 Å². The first-order valence-corrected chi connectivity index (χ1v) is 9.46. The van der Waals surface area contributed by atoms with E-state index in [4.69, 9.17) is 9.47 Å². The number of alkyl halides is 3. The summed E-state index contributed by atoms with van der Waals surface area (Å²) in [5.41, 5.74) is 0. The molecular weight excluding hydrogens is 345 g/mol. The van der Waals surface area contributed by atoms with Crippen LogP contribution >= 0.6 is 11.8 Å². The molecule has 3 fully saturated rings. The monoisotopic (exact) mass is 368 g/mol. The molecule has 1 aliphatic carbocycles. The Kier molecular flexibility index (Phi) is 5.82. The number of nitrogens with one attached hydrogen (secondary N) is 2. The van der Waals surface area contributed by atoms with E-state index in [1.807, 2.05) is 0 Å². The lowest BCUT2D eigenvalue weighted by Crippen LogP contribution is -2.51. The molecule has 4 atom stereocenters. The first kappa shape index (κ1) is 18.1. The summed E-state index contributed by atoms with van der Waals surface area (Å²) >= 11 is 0.813. The van der Waals surface area contributed by atoms with Crippen LogP contribution in [0.2, 0.25) is 0 Å². The summed E-state index contributed by atoms with van der Waals surface area (Å²) in [5, 5.41) is 5.48. The minimum atomic E-state index is -4.20. The lowest BCUT2D eigenvalue weighted by atomic mass is 9.96. The maximum absolute atomic E-state index is 12.4. The molecule has 2 heterocycles. The molecule has 0 unspecified atom stereocenters. The van der Waals surface area contributed by atoms with Crippen molar-refractivity contribution in [2.45, 2.75) is 67.8 Å². The molecule has 0 aromatic rings. The first-order chi connectivity index (χ1) is 11.4. The quantitative estimate of drug-likeness (QED) is 0.800. The van der Waals surface area contributed by atoms with Crippen molar-refractivity contribution in [3.05, 3.63) is 0 Å². The van der Waals surface area contributed by atoms with E-state index in [1.54, 1.807) is 0 Å². The summed E-state index contributed by atoms with van der Waals surface area (Å²) in [6.07, 6.45) is 0.502. The molecule has 3 aliphatic rings. The van der Waals surface area contributed by atoms with Crippen LogP contribution in [0, 0.1) is 0 Å². The Labute approximate surface area is 143 Å². The van der Waals surface area contributed by atoms with Crippen molar-refractivity contribution in [2.75, 3.05) is 19.0 Å². The predicted molar refractivity (Wildman–Crippen MR) is 84.1 cm³/mol.